The minimum absolute atomic E-state index is 0.0619. The highest BCUT2D eigenvalue weighted by Gasteiger charge is 2.13. The summed E-state index contributed by atoms with van der Waals surface area (Å²) < 4.78 is 1.48. The van der Waals surface area contributed by atoms with E-state index in [9.17, 15) is 9.59 Å². The van der Waals surface area contributed by atoms with Crippen LogP contribution in [0.25, 0.3) is 11.0 Å². The molecule has 2 aromatic heterocycles. The number of carbonyl (C=O) groups is 2. The number of nitrogens with zero attached hydrogens (tertiary/aromatic N) is 2. The summed E-state index contributed by atoms with van der Waals surface area (Å²) >= 11 is 0. The highest BCUT2D eigenvalue weighted by molar-refractivity contribution is 5.91. The van der Waals surface area contributed by atoms with E-state index in [-0.39, 0.29) is 11.9 Å². The number of fused-ring (bicyclic) bond motifs is 1. The lowest BCUT2D eigenvalue weighted by Crippen LogP contribution is -2.24. The van der Waals surface area contributed by atoms with Gasteiger partial charge in [0.25, 0.3) is 0 Å². The molecule has 100 valence electrons. The van der Waals surface area contributed by atoms with E-state index in [0.717, 1.165) is 10.9 Å². The number of nitrogens with one attached hydrogen (secondary N) is 2. The number of pyridine rings is 1. The van der Waals surface area contributed by atoms with Gasteiger partial charge in [-0.25, -0.2) is 9.78 Å². The molecule has 0 aromatic carbocycles. The molecule has 6 heteroatoms. The molecular formula is C13H16N4O2. The molecule has 0 aliphatic heterocycles. The number of aromatic nitrogens is 2. The fraction of sp³-hybridized carbons (Fsp3) is 0.308. The molecule has 0 aliphatic carbocycles. The highest BCUT2D eigenvalue weighted by atomic mass is 16.2. The highest BCUT2D eigenvalue weighted by Crippen LogP contribution is 2.19. The maximum absolute atomic E-state index is 11.8. The lowest BCUT2D eigenvalue weighted by Gasteiger charge is -2.00. The van der Waals surface area contributed by atoms with Gasteiger partial charge in [0.1, 0.15) is 5.65 Å². The molecule has 2 heterocycles. The molecule has 2 N–H and O–H groups in total. The second-order valence-corrected chi connectivity index (χ2v) is 4.19. The minimum atomic E-state index is -0.227. The maximum Gasteiger partial charge on any atom is 0.326 e. The zero-order valence-corrected chi connectivity index (χ0v) is 10.9. The Kier molecular flexibility index (Phi) is 3.79. The van der Waals surface area contributed by atoms with Gasteiger partial charge in [-0.05, 0) is 24.1 Å². The summed E-state index contributed by atoms with van der Waals surface area (Å²) in [6, 6.07) is 3.53. The van der Waals surface area contributed by atoms with Gasteiger partial charge in [0.2, 0.25) is 5.91 Å². The molecular weight excluding hydrogens is 244 g/mol. The normalized spacial score (nSPS) is 10.4. The monoisotopic (exact) mass is 260 g/mol. The van der Waals surface area contributed by atoms with Crippen LogP contribution >= 0.6 is 0 Å². The van der Waals surface area contributed by atoms with Gasteiger partial charge in [0.05, 0.1) is 0 Å². The van der Waals surface area contributed by atoms with E-state index in [1.165, 1.54) is 11.5 Å². The third-order valence-electron chi connectivity index (χ3n) is 2.85. The molecule has 0 fully saturated rings. The van der Waals surface area contributed by atoms with E-state index in [0.29, 0.717) is 18.6 Å². The van der Waals surface area contributed by atoms with E-state index >= 15 is 0 Å². The van der Waals surface area contributed by atoms with Crippen molar-refractivity contribution in [1.29, 1.82) is 0 Å². The Morgan fingerprint density at radius 3 is 2.89 bits per heavy atom. The predicted octanol–water partition coefficient (Wildman–Crippen LogP) is 0.902. The third kappa shape index (κ3) is 2.73. The second-order valence-electron chi connectivity index (χ2n) is 4.19. The summed E-state index contributed by atoms with van der Waals surface area (Å²) in [5.74, 6) is -0.0619. The lowest BCUT2D eigenvalue weighted by molar-refractivity contribution is -0.118. The van der Waals surface area contributed by atoms with Gasteiger partial charge in [-0.2, -0.15) is 0 Å². The molecule has 0 atom stereocenters. The van der Waals surface area contributed by atoms with Crippen molar-refractivity contribution in [2.45, 2.75) is 13.3 Å². The van der Waals surface area contributed by atoms with Gasteiger partial charge in [-0.3, -0.25) is 9.36 Å². The van der Waals surface area contributed by atoms with Crippen molar-refractivity contribution in [3.05, 3.63) is 30.1 Å². The van der Waals surface area contributed by atoms with E-state index in [4.69, 9.17) is 0 Å². The Balaban J connectivity index is 2.33. The summed E-state index contributed by atoms with van der Waals surface area (Å²) in [4.78, 5) is 26.9. The number of hydrogen-bond donors (Lipinski definition) is 2. The van der Waals surface area contributed by atoms with Crippen LogP contribution in [-0.4, -0.2) is 35.1 Å². The Morgan fingerprint density at radius 1 is 1.42 bits per heavy atom. The van der Waals surface area contributed by atoms with E-state index in [1.807, 2.05) is 12.1 Å². The maximum atomic E-state index is 11.8. The topological polar surface area (TPSA) is 76.0 Å². The lowest BCUT2D eigenvalue weighted by atomic mass is 10.1. The van der Waals surface area contributed by atoms with Crippen molar-refractivity contribution in [2.24, 2.45) is 0 Å². The van der Waals surface area contributed by atoms with Gasteiger partial charge >= 0.3 is 6.03 Å². The van der Waals surface area contributed by atoms with Gasteiger partial charge < -0.3 is 10.6 Å². The molecule has 0 aliphatic rings. The fourth-order valence-electron chi connectivity index (χ4n) is 1.97. The molecule has 2 rings (SSSR count). The fourth-order valence-corrected chi connectivity index (χ4v) is 1.97. The Bertz CT molecular complexity index is 618. The molecule has 0 saturated heterocycles. The van der Waals surface area contributed by atoms with Crippen molar-refractivity contribution in [1.82, 2.24) is 20.2 Å². The van der Waals surface area contributed by atoms with Crippen LogP contribution in [0.1, 0.15) is 12.5 Å². The third-order valence-corrected chi connectivity index (χ3v) is 2.85. The Morgan fingerprint density at radius 2 is 2.21 bits per heavy atom. The largest absolute Gasteiger partial charge is 0.356 e. The average Bonchev–Trinajstić information content (AvgIpc) is 2.77. The summed E-state index contributed by atoms with van der Waals surface area (Å²) in [6.07, 6.45) is 4.07. The van der Waals surface area contributed by atoms with E-state index in [1.54, 1.807) is 19.4 Å². The van der Waals surface area contributed by atoms with Gasteiger partial charge in [0.15, 0.2) is 0 Å². The number of hydrogen-bond acceptors (Lipinski definition) is 3. The van der Waals surface area contributed by atoms with Gasteiger partial charge in [0, 0.05) is 38.3 Å². The van der Waals surface area contributed by atoms with Crippen molar-refractivity contribution in [3.63, 3.8) is 0 Å². The van der Waals surface area contributed by atoms with Crippen LogP contribution in [0.5, 0.6) is 0 Å². The van der Waals surface area contributed by atoms with Crippen LogP contribution in [0.4, 0.5) is 4.79 Å². The average molecular weight is 260 g/mol. The molecule has 0 spiro atoms. The van der Waals surface area contributed by atoms with Crippen LogP contribution in [0.3, 0.4) is 0 Å². The molecule has 2 aromatic rings. The first-order valence-corrected chi connectivity index (χ1v) is 6.05. The summed E-state index contributed by atoms with van der Waals surface area (Å²) in [6.45, 7) is 2.02. The van der Waals surface area contributed by atoms with Gasteiger partial charge in [-0.1, -0.05) is 0 Å². The molecule has 0 unspecified atom stereocenters. The first-order valence-electron chi connectivity index (χ1n) is 6.05. The molecule has 0 radical (unpaired) electrons. The first kappa shape index (κ1) is 13.1. The zero-order valence-electron chi connectivity index (χ0n) is 10.9. The molecule has 2 amide bonds. The van der Waals surface area contributed by atoms with Crippen molar-refractivity contribution >= 4 is 23.0 Å². The SMILES string of the molecule is CNC(=O)n1cc(CCNC(C)=O)c2cccnc21. The number of carbonyl (C=O) groups excluding carboxylic acids is 2. The summed E-state index contributed by atoms with van der Waals surface area (Å²) in [5.41, 5.74) is 1.61. The number of rotatable bonds is 3. The van der Waals surface area contributed by atoms with Crippen LogP contribution in [0.15, 0.2) is 24.5 Å². The second kappa shape index (κ2) is 5.51. The zero-order chi connectivity index (χ0) is 13.8. The standard InChI is InChI=1S/C13H16N4O2/c1-9(18)15-7-5-10-8-17(13(19)14-2)12-11(10)4-3-6-16-12/h3-4,6,8H,5,7H2,1-2H3,(H,14,19)(H,15,18). The molecule has 0 saturated carbocycles. The Labute approximate surface area is 110 Å². The van der Waals surface area contributed by atoms with Crippen LogP contribution in [0, 0.1) is 0 Å². The predicted molar refractivity (Wildman–Crippen MR) is 72.0 cm³/mol. The quantitative estimate of drug-likeness (QED) is 0.861. The summed E-state index contributed by atoms with van der Waals surface area (Å²) in [5, 5.41) is 6.24. The van der Waals surface area contributed by atoms with E-state index < -0.39 is 0 Å². The van der Waals surface area contributed by atoms with Gasteiger partial charge in [-0.15, -0.1) is 0 Å². The smallest absolute Gasteiger partial charge is 0.326 e. The molecule has 19 heavy (non-hydrogen) atoms. The van der Waals surface area contributed by atoms with Crippen LogP contribution in [-0.2, 0) is 11.2 Å². The van der Waals surface area contributed by atoms with Crippen LogP contribution < -0.4 is 10.6 Å². The molecule has 0 bridgehead atoms. The van der Waals surface area contributed by atoms with Crippen molar-refractivity contribution in [2.75, 3.05) is 13.6 Å². The minimum Gasteiger partial charge on any atom is -0.356 e. The Hall–Kier alpha value is -2.37. The van der Waals surface area contributed by atoms with Crippen molar-refractivity contribution in [3.8, 4) is 0 Å². The first-order chi connectivity index (χ1) is 9.13. The number of amides is 2. The molecule has 6 nitrogen and oxygen atoms in total. The van der Waals surface area contributed by atoms with Crippen LogP contribution in [0.2, 0.25) is 0 Å². The summed E-state index contributed by atoms with van der Waals surface area (Å²) in [7, 11) is 1.58. The van der Waals surface area contributed by atoms with E-state index in [2.05, 4.69) is 15.6 Å². The van der Waals surface area contributed by atoms with Crippen molar-refractivity contribution < 1.29 is 9.59 Å².